The molecule has 2 fully saturated rings. The maximum Gasteiger partial charge on any atom is 0.416 e. The number of aromatic nitrogens is 5. The van der Waals surface area contributed by atoms with Crippen LogP contribution in [0.1, 0.15) is 41.0 Å². The molecule has 3 atom stereocenters. The van der Waals surface area contributed by atoms with Crippen LogP contribution < -0.4 is 15.2 Å². The first-order valence-electron chi connectivity index (χ1n) is 13.7. The minimum atomic E-state index is -4.51. The maximum absolute atomic E-state index is 13.3. The van der Waals surface area contributed by atoms with E-state index in [4.69, 9.17) is 15.2 Å². The monoisotopic (exact) mass is 593 g/mol. The zero-order valence-corrected chi connectivity index (χ0v) is 24.0. The van der Waals surface area contributed by atoms with E-state index in [0.29, 0.717) is 53.0 Å². The van der Waals surface area contributed by atoms with E-state index in [1.54, 1.807) is 48.6 Å². The van der Waals surface area contributed by atoms with Crippen LogP contribution in [-0.2, 0) is 11.7 Å². The van der Waals surface area contributed by atoms with E-state index in [1.165, 1.54) is 17.9 Å². The number of piperidine rings is 1. The fraction of sp³-hybridized carbons (Fsp3) is 0.367. The molecule has 2 N–H and O–H groups in total. The van der Waals surface area contributed by atoms with Gasteiger partial charge < -0.3 is 20.1 Å². The molecule has 3 aromatic heterocycles. The molecule has 1 aliphatic carbocycles. The molecule has 1 aromatic carbocycles. The number of nitrogens with two attached hydrogens (primary N) is 1. The number of hydrogen-bond donors (Lipinski definition) is 1. The van der Waals surface area contributed by atoms with Crippen molar-refractivity contribution in [3.63, 3.8) is 0 Å². The molecular weight excluding hydrogens is 563 g/mol. The third-order valence-corrected chi connectivity index (χ3v) is 7.90. The standard InChI is InChI=1S/C30H30F3N7O3/c1-16-20(15-40(38-16)28-35-8-5-9-36-28)27(41)39-13-21-22(14-39)26(21)43-25-12-18(29(2,3)34)10-23(37-25)19-7-6-17(30(31,32)33)11-24(19)42-4/h5-12,15,21-22,26H,13-14,34H2,1-4H3/t21-,22+,26?. The van der Waals surface area contributed by atoms with E-state index in [9.17, 15) is 18.0 Å². The molecule has 0 radical (unpaired) electrons. The molecule has 1 saturated carbocycles. The number of halogens is 3. The quantitative estimate of drug-likeness (QED) is 0.335. The lowest BCUT2D eigenvalue weighted by molar-refractivity contribution is -0.137. The fourth-order valence-corrected chi connectivity index (χ4v) is 5.46. The predicted octanol–water partition coefficient (Wildman–Crippen LogP) is 4.40. The van der Waals surface area contributed by atoms with Crippen LogP contribution in [0.15, 0.2) is 55.0 Å². The average Bonchev–Trinajstić information content (AvgIpc) is 3.28. The number of alkyl halides is 3. The summed E-state index contributed by atoms with van der Waals surface area (Å²) < 4.78 is 53.0. The van der Waals surface area contributed by atoms with Crippen LogP contribution in [0, 0.1) is 18.8 Å². The van der Waals surface area contributed by atoms with E-state index in [-0.39, 0.29) is 29.6 Å². The summed E-state index contributed by atoms with van der Waals surface area (Å²) in [5, 5.41) is 4.40. The Hall–Kier alpha value is -4.52. The van der Waals surface area contributed by atoms with Crippen molar-refractivity contribution in [3.05, 3.63) is 77.4 Å². The highest BCUT2D eigenvalue weighted by Crippen LogP contribution is 2.48. The molecular formula is C30H30F3N7O3. The van der Waals surface area contributed by atoms with E-state index in [2.05, 4.69) is 20.1 Å². The first-order chi connectivity index (χ1) is 20.3. The highest BCUT2D eigenvalue weighted by molar-refractivity contribution is 5.95. The zero-order valence-electron chi connectivity index (χ0n) is 24.0. The van der Waals surface area contributed by atoms with E-state index < -0.39 is 17.3 Å². The molecule has 0 bridgehead atoms. The molecule has 4 heterocycles. The SMILES string of the molecule is COc1cc(C(F)(F)F)ccc1-c1cc(C(C)(C)N)cc(OC2[C@H]3CN(C(=O)c4cn(-c5ncccn5)nc4C)C[C@@H]23)n1. The second-order valence-corrected chi connectivity index (χ2v) is 11.5. The summed E-state index contributed by atoms with van der Waals surface area (Å²) in [6, 6.07) is 8.47. The lowest BCUT2D eigenvalue weighted by Crippen LogP contribution is -2.33. The molecule has 1 aliphatic heterocycles. The van der Waals surface area contributed by atoms with E-state index >= 15 is 0 Å². The molecule has 1 amide bonds. The number of hydrogen-bond acceptors (Lipinski definition) is 8. The Morgan fingerprint density at radius 2 is 1.74 bits per heavy atom. The van der Waals surface area contributed by atoms with Gasteiger partial charge in [-0.2, -0.15) is 18.3 Å². The molecule has 10 nitrogen and oxygen atoms in total. The van der Waals surface area contributed by atoms with Crippen molar-refractivity contribution in [3.8, 4) is 28.8 Å². The number of pyridine rings is 1. The molecule has 43 heavy (non-hydrogen) atoms. The summed E-state index contributed by atoms with van der Waals surface area (Å²) in [6.07, 6.45) is 0.194. The van der Waals surface area contributed by atoms with Crippen LogP contribution in [0.3, 0.4) is 0 Å². The third-order valence-electron chi connectivity index (χ3n) is 7.90. The summed E-state index contributed by atoms with van der Waals surface area (Å²) in [5.41, 5.74) is 7.35. The summed E-state index contributed by atoms with van der Waals surface area (Å²) in [7, 11) is 1.31. The molecule has 6 rings (SSSR count). The lowest BCUT2D eigenvalue weighted by Gasteiger charge is -2.23. The topological polar surface area (TPSA) is 121 Å². The maximum atomic E-state index is 13.3. The van der Waals surface area contributed by atoms with Crippen LogP contribution in [0.2, 0.25) is 0 Å². The number of methoxy groups -OCH3 is 1. The molecule has 1 saturated heterocycles. The van der Waals surface area contributed by atoms with E-state index in [1.807, 2.05) is 13.8 Å². The molecule has 224 valence electrons. The fourth-order valence-electron chi connectivity index (χ4n) is 5.46. The Balaban J connectivity index is 1.19. The second-order valence-electron chi connectivity index (χ2n) is 11.5. The smallest absolute Gasteiger partial charge is 0.416 e. The van der Waals surface area contributed by atoms with Gasteiger partial charge in [-0.25, -0.2) is 19.6 Å². The molecule has 1 unspecified atom stereocenters. The Bertz CT molecular complexity index is 1670. The number of carbonyl (C=O) groups is 1. The van der Waals surface area contributed by atoms with Gasteiger partial charge in [0.2, 0.25) is 11.8 Å². The summed E-state index contributed by atoms with van der Waals surface area (Å²) in [5.74, 6) is 0.855. The Kier molecular flexibility index (Phi) is 6.87. The number of aryl methyl sites for hydroxylation is 1. The number of ether oxygens (including phenoxy) is 2. The number of carbonyl (C=O) groups excluding carboxylic acids is 1. The zero-order chi connectivity index (χ0) is 30.7. The van der Waals surface area contributed by atoms with Crippen LogP contribution in [0.25, 0.3) is 17.2 Å². The Morgan fingerprint density at radius 3 is 2.37 bits per heavy atom. The minimum absolute atomic E-state index is 0.0372. The van der Waals surface area contributed by atoms with Gasteiger partial charge in [0, 0.05) is 60.7 Å². The first-order valence-corrected chi connectivity index (χ1v) is 13.7. The Labute approximate surface area is 245 Å². The van der Waals surface area contributed by atoms with Gasteiger partial charge in [-0.05, 0) is 56.7 Å². The second kappa shape index (κ2) is 10.3. The molecule has 0 spiro atoms. The van der Waals surface area contributed by atoms with Gasteiger partial charge >= 0.3 is 6.18 Å². The van der Waals surface area contributed by atoms with Crippen molar-refractivity contribution in [1.29, 1.82) is 0 Å². The van der Waals surface area contributed by atoms with Crippen molar-refractivity contribution in [1.82, 2.24) is 29.6 Å². The normalized spacial score (nSPS) is 19.7. The molecule has 13 heteroatoms. The van der Waals surface area contributed by atoms with Gasteiger partial charge in [-0.3, -0.25) is 4.79 Å². The highest BCUT2D eigenvalue weighted by atomic mass is 19.4. The number of amides is 1. The average molecular weight is 594 g/mol. The number of rotatable bonds is 7. The van der Waals surface area contributed by atoms with Crippen LogP contribution >= 0.6 is 0 Å². The van der Waals surface area contributed by atoms with Gasteiger partial charge in [-0.15, -0.1) is 0 Å². The van der Waals surface area contributed by atoms with Crippen molar-refractivity contribution in [2.24, 2.45) is 17.6 Å². The number of benzene rings is 1. The van der Waals surface area contributed by atoms with Gasteiger partial charge in [-0.1, -0.05) is 0 Å². The van der Waals surface area contributed by atoms with Gasteiger partial charge in [0.15, 0.2) is 0 Å². The molecule has 2 aliphatic rings. The number of likely N-dealkylation sites (tertiary alicyclic amines) is 1. The van der Waals surface area contributed by atoms with Crippen molar-refractivity contribution in [2.45, 2.75) is 38.6 Å². The third kappa shape index (κ3) is 5.52. The predicted molar refractivity (Wildman–Crippen MR) is 150 cm³/mol. The van der Waals surface area contributed by atoms with Crippen molar-refractivity contribution in [2.75, 3.05) is 20.2 Å². The van der Waals surface area contributed by atoms with Crippen LogP contribution in [-0.4, -0.2) is 61.8 Å². The summed E-state index contributed by atoms with van der Waals surface area (Å²) in [4.78, 5) is 28.1. The minimum Gasteiger partial charge on any atom is -0.496 e. The Morgan fingerprint density at radius 1 is 1.05 bits per heavy atom. The van der Waals surface area contributed by atoms with Crippen molar-refractivity contribution < 1.29 is 27.4 Å². The lowest BCUT2D eigenvalue weighted by atomic mass is 9.94. The molecule has 4 aromatic rings. The number of nitrogens with zero attached hydrogens (tertiary/aromatic N) is 6. The highest BCUT2D eigenvalue weighted by Gasteiger charge is 2.59. The van der Waals surface area contributed by atoms with Gasteiger partial charge in [0.25, 0.3) is 5.91 Å². The summed E-state index contributed by atoms with van der Waals surface area (Å²) >= 11 is 0. The van der Waals surface area contributed by atoms with E-state index in [0.717, 1.165) is 12.1 Å². The van der Waals surface area contributed by atoms with Crippen LogP contribution in [0.5, 0.6) is 11.6 Å². The van der Waals surface area contributed by atoms with Gasteiger partial charge in [0.1, 0.15) is 11.9 Å². The van der Waals surface area contributed by atoms with Gasteiger partial charge in [0.05, 0.1) is 29.6 Å². The first kappa shape index (κ1) is 28.6. The van der Waals surface area contributed by atoms with Crippen LogP contribution in [0.4, 0.5) is 13.2 Å². The number of fused-ring (bicyclic) bond motifs is 1. The largest absolute Gasteiger partial charge is 0.496 e. The van der Waals surface area contributed by atoms with Crippen molar-refractivity contribution >= 4 is 5.91 Å². The summed E-state index contributed by atoms with van der Waals surface area (Å²) in [6.45, 7) is 6.45.